The molecule has 1 amide bonds. The van der Waals surface area contributed by atoms with Crippen molar-refractivity contribution in [1.29, 1.82) is 0 Å². The molecule has 0 aliphatic carbocycles. The van der Waals surface area contributed by atoms with E-state index < -0.39 is 5.97 Å². The van der Waals surface area contributed by atoms with Gasteiger partial charge >= 0.3 is 5.97 Å². The molecule has 0 aromatic carbocycles. The Morgan fingerprint density at radius 2 is 2.00 bits per heavy atom. The standard InChI is InChI=1S/C22H28N4O3S3/c1-6-9-26-19(17-11-30-13(4)15(17)8-3)24-25-22(26)31-12-18(27)23-20-16(21(28)29-5)10-14(7-2)32-20/h10-11H,6-9,12H2,1-5H3,(H,23,27). The minimum Gasteiger partial charge on any atom is -0.465 e. The van der Waals surface area contributed by atoms with E-state index in [4.69, 9.17) is 4.74 Å². The molecule has 0 aliphatic heterocycles. The molecule has 0 radical (unpaired) electrons. The molecule has 0 spiro atoms. The first kappa shape index (κ1) is 24.5. The van der Waals surface area contributed by atoms with Crippen LogP contribution >= 0.6 is 34.4 Å². The summed E-state index contributed by atoms with van der Waals surface area (Å²) in [5, 5.41) is 15.1. The van der Waals surface area contributed by atoms with Gasteiger partial charge in [0.1, 0.15) is 5.00 Å². The first-order valence-electron chi connectivity index (χ1n) is 10.6. The van der Waals surface area contributed by atoms with Crippen molar-refractivity contribution in [3.63, 3.8) is 0 Å². The fraction of sp³-hybridized carbons (Fsp3) is 0.455. The van der Waals surface area contributed by atoms with Crippen LogP contribution < -0.4 is 5.32 Å². The van der Waals surface area contributed by atoms with Gasteiger partial charge in [-0.1, -0.05) is 32.5 Å². The molecule has 0 atom stereocenters. The number of nitrogens with one attached hydrogen (secondary N) is 1. The van der Waals surface area contributed by atoms with E-state index in [0.29, 0.717) is 10.6 Å². The topological polar surface area (TPSA) is 86.1 Å². The van der Waals surface area contributed by atoms with Gasteiger partial charge < -0.3 is 14.6 Å². The number of aromatic nitrogens is 3. The first-order chi connectivity index (χ1) is 15.4. The normalized spacial score (nSPS) is 11.0. The monoisotopic (exact) mass is 492 g/mol. The van der Waals surface area contributed by atoms with Gasteiger partial charge in [-0.2, -0.15) is 0 Å². The summed E-state index contributed by atoms with van der Waals surface area (Å²) in [6, 6.07) is 1.78. The SMILES string of the molecule is CCCn1c(SCC(=O)Nc2sc(CC)cc2C(=O)OC)nnc1-c1csc(C)c1CC. The Bertz CT molecular complexity index is 1100. The predicted molar refractivity (Wildman–Crippen MR) is 132 cm³/mol. The Labute approximate surface area is 200 Å². The number of hydrogen-bond acceptors (Lipinski definition) is 8. The van der Waals surface area contributed by atoms with Crippen molar-refractivity contribution >= 4 is 51.3 Å². The quantitative estimate of drug-likeness (QED) is 0.300. The van der Waals surface area contributed by atoms with Crippen molar-refractivity contribution in [3.05, 3.63) is 32.3 Å². The molecule has 0 saturated carbocycles. The van der Waals surface area contributed by atoms with E-state index in [0.717, 1.165) is 47.2 Å². The van der Waals surface area contributed by atoms with Gasteiger partial charge in [0.2, 0.25) is 5.91 Å². The number of esters is 1. The summed E-state index contributed by atoms with van der Waals surface area (Å²) in [6.07, 6.45) is 2.66. The zero-order valence-electron chi connectivity index (χ0n) is 19.0. The molecular formula is C22H28N4O3S3. The predicted octanol–water partition coefficient (Wildman–Crippen LogP) is 5.43. The van der Waals surface area contributed by atoms with Gasteiger partial charge in [0.25, 0.3) is 0 Å². The lowest BCUT2D eigenvalue weighted by molar-refractivity contribution is -0.113. The fourth-order valence-electron chi connectivity index (χ4n) is 3.39. The van der Waals surface area contributed by atoms with Gasteiger partial charge in [-0.25, -0.2) is 4.79 Å². The van der Waals surface area contributed by atoms with E-state index in [9.17, 15) is 9.59 Å². The molecule has 7 nitrogen and oxygen atoms in total. The van der Waals surface area contributed by atoms with Crippen LogP contribution in [0.4, 0.5) is 5.00 Å². The molecule has 3 heterocycles. The number of aryl methyl sites for hydroxylation is 2. The van der Waals surface area contributed by atoms with E-state index in [1.54, 1.807) is 17.4 Å². The summed E-state index contributed by atoms with van der Waals surface area (Å²) in [5.74, 6) is 0.382. The molecule has 3 aromatic heterocycles. The van der Waals surface area contributed by atoms with Crippen LogP contribution in [0.5, 0.6) is 0 Å². The van der Waals surface area contributed by atoms with Gasteiger partial charge in [0.15, 0.2) is 11.0 Å². The van der Waals surface area contributed by atoms with Crippen molar-refractivity contribution in [3.8, 4) is 11.4 Å². The number of amides is 1. The third-order valence-electron chi connectivity index (χ3n) is 4.98. The number of hydrogen-bond donors (Lipinski definition) is 1. The first-order valence-corrected chi connectivity index (χ1v) is 13.3. The highest BCUT2D eigenvalue weighted by Crippen LogP contribution is 2.33. The fourth-order valence-corrected chi connectivity index (χ4v) is 6.09. The van der Waals surface area contributed by atoms with E-state index in [-0.39, 0.29) is 11.7 Å². The van der Waals surface area contributed by atoms with E-state index in [1.807, 2.05) is 6.92 Å². The summed E-state index contributed by atoms with van der Waals surface area (Å²) in [4.78, 5) is 27.0. The van der Waals surface area contributed by atoms with Gasteiger partial charge in [-0.05, 0) is 37.8 Å². The Morgan fingerprint density at radius 1 is 1.22 bits per heavy atom. The maximum Gasteiger partial charge on any atom is 0.340 e. The van der Waals surface area contributed by atoms with Crippen LogP contribution in [0.25, 0.3) is 11.4 Å². The van der Waals surface area contributed by atoms with Crippen LogP contribution in [0.3, 0.4) is 0 Å². The number of ether oxygens (including phenoxy) is 1. The second kappa shape index (κ2) is 11.1. The number of rotatable bonds is 10. The number of carbonyl (C=O) groups is 2. The second-order valence-corrected chi connectivity index (χ2v) is 10.3. The number of methoxy groups -OCH3 is 1. The average Bonchev–Trinajstić information content (AvgIpc) is 3.48. The highest BCUT2D eigenvalue weighted by molar-refractivity contribution is 7.99. The molecule has 0 unspecified atom stereocenters. The molecule has 0 bridgehead atoms. The number of thiophene rings is 2. The van der Waals surface area contributed by atoms with Crippen LogP contribution in [-0.2, 0) is 28.9 Å². The van der Waals surface area contributed by atoms with Gasteiger partial charge in [0, 0.05) is 27.2 Å². The molecule has 32 heavy (non-hydrogen) atoms. The van der Waals surface area contributed by atoms with Crippen molar-refractivity contribution in [2.24, 2.45) is 0 Å². The Hall–Kier alpha value is -2.17. The highest BCUT2D eigenvalue weighted by atomic mass is 32.2. The maximum atomic E-state index is 12.7. The third kappa shape index (κ3) is 5.24. The smallest absolute Gasteiger partial charge is 0.340 e. The third-order valence-corrected chi connectivity index (χ3v) is 8.10. The van der Waals surface area contributed by atoms with Gasteiger partial charge in [-0.3, -0.25) is 4.79 Å². The van der Waals surface area contributed by atoms with Crippen LogP contribution in [-0.4, -0.2) is 39.5 Å². The lowest BCUT2D eigenvalue weighted by Gasteiger charge is -2.10. The number of carbonyl (C=O) groups excluding carboxylic acids is 2. The summed E-state index contributed by atoms with van der Waals surface area (Å²) >= 11 is 4.48. The van der Waals surface area contributed by atoms with Crippen LogP contribution in [0.2, 0.25) is 0 Å². The minimum atomic E-state index is -0.450. The molecule has 3 rings (SSSR count). The lowest BCUT2D eigenvalue weighted by atomic mass is 10.1. The van der Waals surface area contributed by atoms with Gasteiger partial charge in [0.05, 0.1) is 18.4 Å². The highest BCUT2D eigenvalue weighted by Gasteiger charge is 2.21. The van der Waals surface area contributed by atoms with E-state index in [2.05, 4.69) is 46.2 Å². The molecule has 0 aliphatic rings. The zero-order chi connectivity index (χ0) is 23.3. The average molecular weight is 493 g/mol. The van der Waals surface area contributed by atoms with Crippen molar-refractivity contribution in [2.45, 2.75) is 58.7 Å². The number of thioether (sulfide) groups is 1. The maximum absolute atomic E-state index is 12.7. The second-order valence-electron chi connectivity index (χ2n) is 7.13. The van der Waals surface area contributed by atoms with Crippen molar-refractivity contribution in [2.75, 3.05) is 18.2 Å². The molecular weight excluding hydrogens is 464 g/mol. The molecule has 10 heteroatoms. The molecule has 0 saturated heterocycles. The van der Waals surface area contributed by atoms with Gasteiger partial charge in [-0.15, -0.1) is 32.9 Å². The van der Waals surface area contributed by atoms with E-state index >= 15 is 0 Å². The lowest BCUT2D eigenvalue weighted by Crippen LogP contribution is -2.16. The Morgan fingerprint density at radius 3 is 2.66 bits per heavy atom. The van der Waals surface area contributed by atoms with Crippen molar-refractivity contribution in [1.82, 2.24) is 14.8 Å². The Balaban J connectivity index is 1.76. The number of nitrogens with zero attached hydrogens (tertiary/aromatic N) is 3. The van der Waals surface area contributed by atoms with Crippen LogP contribution in [0, 0.1) is 6.92 Å². The molecule has 3 aromatic rings. The molecule has 172 valence electrons. The minimum absolute atomic E-state index is 0.172. The summed E-state index contributed by atoms with van der Waals surface area (Å²) in [6.45, 7) is 9.18. The zero-order valence-corrected chi connectivity index (χ0v) is 21.4. The number of anilines is 1. The summed E-state index contributed by atoms with van der Waals surface area (Å²) in [7, 11) is 1.34. The Kier molecular flexibility index (Phi) is 8.50. The molecule has 1 N–H and O–H groups in total. The van der Waals surface area contributed by atoms with Crippen LogP contribution in [0.15, 0.2) is 16.6 Å². The van der Waals surface area contributed by atoms with E-state index in [1.165, 1.54) is 40.6 Å². The summed E-state index contributed by atoms with van der Waals surface area (Å²) < 4.78 is 6.94. The largest absolute Gasteiger partial charge is 0.465 e. The van der Waals surface area contributed by atoms with Crippen molar-refractivity contribution < 1.29 is 14.3 Å². The van der Waals surface area contributed by atoms with Crippen LogP contribution in [0.1, 0.15) is 52.9 Å². The molecule has 0 fully saturated rings. The summed E-state index contributed by atoms with van der Waals surface area (Å²) in [5.41, 5.74) is 2.82.